The lowest BCUT2D eigenvalue weighted by atomic mass is 9.93. The molecule has 0 bridgehead atoms. The normalized spacial score (nSPS) is 19.0. The summed E-state index contributed by atoms with van der Waals surface area (Å²) in [6.07, 6.45) is -1.57. The molecule has 0 heterocycles. The molecule has 0 amide bonds. The first-order valence-corrected chi connectivity index (χ1v) is 4.22. The van der Waals surface area contributed by atoms with Gasteiger partial charge in [-0.15, -0.1) is 6.55 Å². The molecule has 0 aliphatic rings. The highest BCUT2D eigenvalue weighted by Crippen LogP contribution is 2.13. The zero-order valence-corrected chi connectivity index (χ0v) is 7.71. The molecule has 0 fully saturated rings. The van der Waals surface area contributed by atoms with Gasteiger partial charge in [-0.3, -0.25) is 4.79 Å². The topological polar surface area (TPSA) is 98.0 Å². The average molecular weight is 205 g/mol. The average Bonchev–Trinajstić information content (AvgIpc) is 2.27. The monoisotopic (exact) mass is 205 g/mol. The molecule has 0 rings (SSSR count). The number of carbonyl (C=O) groups excluding carboxylic acids is 1. The molecule has 0 aliphatic carbocycles. The second-order valence-electron chi connectivity index (χ2n) is 2.97. The van der Waals surface area contributed by atoms with Gasteiger partial charge in [0.15, 0.2) is 5.78 Å². The van der Waals surface area contributed by atoms with E-state index in [4.69, 9.17) is 11.6 Å². The maximum absolute atomic E-state index is 10.9. The van der Waals surface area contributed by atoms with E-state index in [0.717, 1.165) is 6.55 Å². The molecule has 82 valence electrons. The van der Waals surface area contributed by atoms with Crippen LogP contribution in [0.3, 0.4) is 0 Å². The highest BCUT2D eigenvalue weighted by molar-refractivity contribution is 5.84. The Balaban J connectivity index is 4.35. The van der Waals surface area contributed by atoms with E-state index in [1.54, 1.807) is 0 Å². The fourth-order valence-corrected chi connectivity index (χ4v) is 1.04. The van der Waals surface area contributed by atoms with Crippen LogP contribution in [0.4, 0.5) is 0 Å². The minimum Gasteiger partial charge on any atom is -0.396 e. The van der Waals surface area contributed by atoms with Crippen LogP contribution in [0.5, 0.6) is 0 Å². The van der Waals surface area contributed by atoms with Gasteiger partial charge in [0, 0.05) is 12.5 Å². The highest BCUT2D eigenvalue weighted by Gasteiger charge is 2.29. The molecule has 0 saturated carbocycles. The molecule has 14 heavy (non-hydrogen) atoms. The summed E-state index contributed by atoms with van der Waals surface area (Å²) in [5.41, 5.74) is 0. The van der Waals surface area contributed by atoms with Crippen LogP contribution in [0.25, 0.3) is 0 Å². The quantitative estimate of drug-likeness (QED) is 0.377. The van der Waals surface area contributed by atoms with Crippen LogP contribution >= 0.6 is 0 Å². The summed E-state index contributed by atoms with van der Waals surface area (Å²) < 4.78 is 6.73. The van der Waals surface area contributed by atoms with Crippen LogP contribution in [-0.2, 0) is 4.79 Å². The number of rotatable bonds is 7. The van der Waals surface area contributed by atoms with E-state index in [1.165, 1.54) is 6.08 Å². The van der Waals surface area contributed by atoms with E-state index < -0.39 is 37.1 Å². The first-order chi connectivity index (χ1) is 7.08. The largest absolute Gasteiger partial charge is 0.396 e. The zero-order chi connectivity index (χ0) is 11.8. The Bertz CT molecular complexity index is 219. The lowest BCUT2D eigenvalue weighted by molar-refractivity contribution is -0.138. The Morgan fingerprint density at radius 2 is 2.14 bits per heavy atom. The molecular weight excluding hydrogens is 188 g/mol. The van der Waals surface area contributed by atoms with E-state index in [-0.39, 0.29) is 6.42 Å². The van der Waals surface area contributed by atoms with Crippen molar-refractivity contribution in [2.75, 3.05) is 13.2 Å². The number of aliphatic hydroxyl groups excluding tert-OH is 4. The molecule has 0 spiro atoms. The van der Waals surface area contributed by atoms with Gasteiger partial charge in [-0.05, 0) is 6.42 Å². The third-order valence-corrected chi connectivity index (χ3v) is 1.97. The van der Waals surface area contributed by atoms with Gasteiger partial charge < -0.3 is 20.4 Å². The molecule has 4 N–H and O–H groups in total. The first-order valence-electron chi connectivity index (χ1n) is 4.80. The van der Waals surface area contributed by atoms with Gasteiger partial charge in [-0.25, -0.2) is 0 Å². The summed E-state index contributed by atoms with van der Waals surface area (Å²) >= 11 is 0. The predicted octanol–water partition coefficient (Wildman–Crippen LogP) is -1.55. The van der Waals surface area contributed by atoms with Gasteiger partial charge in [-0.2, -0.15) is 0 Å². The van der Waals surface area contributed by atoms with Crippen molar-refractivity contribution in [1.82, 2.24) is 0 Å². The van der Waals surface area contributed by atoms with Crippen LogP contribution in [0.1, 0.15) is 7.79 Å². The van der Waals surface area contributed by atoms with Crippen LogP contribution in [-0.4, -0.2) is 51.6 Å². The third kappa shape index (κ3) is 3.55. The Hall–Kier alpha value is -0.750. The van der Waals surface area contributed by atoms with E-state index in [2.05, 4.69) is 0 Å². The highest BCUT2D eigenvalue weighted by atomic mass is 16.3. The molecule has 0 saturated heterocycles. The Morgan fingerprint density at radius 1 is 1.50 bits per heavy atom. The van der Waals surface area contributed by atoms with E-state index in [0.29, 0.717) is 0 Å². The molecule has 3 atom stereocenters. The summed E-state index contributed by atoms with van der Waals surface area (Å²) in [5.74, 6) is -1.62. The lowest BCUT2D eigenvalue weighted by Crippen LogP contribution is -2.41. The summed E-state index contributed by atoms with van der Waals surface area (Å²) in [5, 5.41) is 36.1. The molecule has 5 nitrogen and oxygen atoms in total. The van der Waals surface area contributed by atoms with Gasteiger partial charge in [0.2, 0.25) is 0 Å². The Morgan fingerprint density at radius 3 is 2.57 bits per heavy atom. The van der Waals surface area contributed by atoms with E-state index >= 15 is 0 Å². The zero-order valence-electron chi connectivity index (χ0n) is 8.71. The number of ketones is 1. The number of Topliss-reactive ketones (excluding diaryl/α,β-unsaturated/α-hetero) is 1. The molecular formula is C9H16O5. The summed E-state index contributed by atoms with van der Waals surface area (Å²) in [7, 11) is 0. The second-order valence-corrected chi connectivity index (χ2v) is 2.97. The fourth-order valence-electron chi connectivity index (χ4n) is 1.04. The van der Waals surface area contributed by atoms with Crippen molar-refractivity contribution >= 4 is 5.78 Å². The van der Waals surface area contributed by atoms with E-state index in [9.17, 15) is 15.0 Å². The summed E-state index contributed by atoms with van der Waals surface area (Å²) in [4.78, 5) is 10.9. The van der Waals surface area contributed by atoms with Gasteiger partial charge in [0.05, 0.1) is 7.47 Å². The van der Waals surface area contributed by atoms with Crippen LogP contribution in [0.2, 0.25) is 0 Å². The third-order valence-electron chi connectivity index (χ3n) is 1.97. The van der Waals surface area contributed by atoms with Crippen molar-refractivity contribution in [3.63, 3.8) is 0 Å². The molecule has 0 aliphatic heterocycles. The smallest absolute Gasteiger partial charge is 0.189 e. The van der Waals surface area contributed by atoms with Crippen molar-refractivity contribution in [2.45, 2.75) is 18.6 Å². The fraction of sp³-hybridized carbons (Fsp3) is 0.667. The summed E-state index contributed by atoms with van der Waals surface area (Å²) in [6, 6.07) is 0. The Kier molecular flexibility index (Phi) is 5.39. The predicted molar refractivity (Wildman–Crippen MR) is 49.5 cm³/mol. The summed E-state index contributed by atoms with van der Waals surface area (Å²) in [6.45, 7) is -0.276. The van der Waals surface area contributed by atoms with Crippen molar-refractivity contribution in [2.24, 2.45) is 5.92 Å². The van der Waals surface area contributed by atoms with Crippen molar-refractivity contribution in [3.8, 4) is 0 Å². The van der Waals surface area contributed by atoms with Gasteiger partial charge >= 0.3 is 0 Å². The first kappa shape index (κ1) is 11.3. The van der Waals surface area contributed by atoms with Crippen LogP contribution in [0, 0.1) is 5.92 Å². The lowest BCUT2D eigenvalue weighted by Gasteiger charge is -2.23. The number of allylic oxidation sites excluding steroid dienone is 1. The second kappa shape index (κ2) is 6.67. The number of carbonyl (C=O) groups is 1. The van der Waals surface area contributed by atoms with E-state index in [1.807, 2.05) is 0 Å². The van der Waals surface area contributed by atoms with Gasteiger partial charge in [0.1, 0.15) is 12.7 Å². The van der Waals surface area contributed by atoms with Crippen molar-refractivity contribution in [1.29, 1.82) is 0 Å². The SMILES string of the molecule is [2H]C=CC[C@H](CO)[C@@H](O)[C@H](O)C(=O)CO. The molecule has 0 radical (unpaired) electrons. The number of aliphatic hydroxyl groups is 4. The maximum atomic E-state index is 10.9. The van der Waals surface area contributed by atoms with Crippen LogP contribution < -0.4 is 0 Å². The molecule has 0 aromatic carbocycles. The number of hydrogen-bond acceptors (Lipinski definition) is 5. The van der Waals surface area contributed by atoms with Gasteiger partial charge in [0.25, 0.3) is 0 Å². The van der Waals surface area contributed by atoms with Crippen molar-refractivity contribution in [3.05, 3.63) is 12.6 Å². The standard InChI is InChI=1S/C9H16O5/c1-2-3-6(4-10)8(13)9(14)7(12)5-11/h2,6,8-11,13-14H,1,3-5H2/t6-,8-,9-/m1/s1/i1D. The minimum atomic E-state index is -1.70. The molecule has 0 aromatic rings. The molecule has 5 heteroatoms. The van der Waals surface area contributed by atoms with Crippen LogP contribution in [0.15, 0.2) is 12.6 Å². The Labute approximate surface area is 83.7 Å². The molecule has 0 aromatic heterocycles. The number of hydrogen-bond donors (Lipinski definition) is 4. The minimum absolute atomic E-state index is 0.178. The maximum Gasteiger partial charge on any atom is 0.189 e. The molecule has 0 unspecified atom stereocenters. The van der Waals surface area contributed by atoms with Gasteiger partial charge in [-0.1, -0.05) is 6.08 Å². The van der Waals surface area contributed by atoms with Crippen molar-refractivity contribution < 1.29 is 26.6 Å².